The summed E-state index contributed by atoms with van der Waals surface area (Å²) in [6, 6.07) is 0.577. The van der Waals surface area contributed by atoms with E-state index in [1.807, 2.05) is 4.90 Å². The molecule has 1 aliphatic heterocycles. The van der Waals surface area contributed by atoms with Gasteiger partial charge in [0.25, 0.3) is 0 Å². The molecule has 1 heterocycles. The molecular formula is C12H21N3O2. The SMILES string of the molecule is CC(=O)NCCN1CCCC(NC2CC2)C1=O. The Balaban J connectivity index is 1.76. The van der Waals surface area contributed by atoms with E-state index in [9.17, 15) is 9.59 Å². The van der Waals surface area contributed by atoms with Crippen LogP contribution in [0.2, 0.25) is 0 Å². The maximum Gasteiger partial charge on any atom is 0.239 e. The van der Waals surface area contributed by atoms with Crippen molar-refractivity contribution in [3.05, 3.63) is 0 Å². The van der Waals surface area contributed by atoms with Crippen molar-refractivity contribution < 1.29 is 9.59 Å². The fourth-order valence-electron chi connectivity index (χ4n) is 2.22. The Morgan fingerprint density at radius 1 is 1.41 bits per heavy atom. The molecule has 2 fully saturated rings. The summed E-state index contributed by atoms with van der Waals surface area (Å²) in [6.07, 6.45) is 4.41. The van der Waals surface area contributed by atoms with Gasteiger partial charge in [0.15, 0.2) is 0 Å². The van der Waals surface area contributed by atoms with Crippen LogP contribution in [0, 0.1) is 0 Å². The molecule has 2 rings (SSSR count). The van der Waals surface area contributed by atoms with Gasteiger partial charge >= 0.3 is 0 Å². The molecule has 5 heteroatoms. The molecule has 96 valence electrons. The average Bonchev–Trinajstić information content (AvgIpc) is 3.07. The molecule has 0 spiro atoms. The second-order valence-electron chi connectivity index (χ2n) is 4.94. The summed E-state index contributed by atoms with van der Waals surface area (Å²) >= 11 is 0. The molecule has 0 radical (unpaired) electrons. The summed E-state index contributed by atoms with van der Waals surface area (Å²) in [5, 5.41) is 6.12. The maximum absolute atomic E-state index is 12.1. The molecule has 0 bridgehead atoms. The van der Waals surface area contributed by atoms with Gasteiger partial charge < -0.3 is 15.5 Å². The van der Waals surface area contributed by atoms with Gasteiger partial charge in [-0.25, -0.2) is 0 Å². The molecule has 1 atom stereocenters. The molecular weight excluding hydrogens is 218 g/mol. The Morgan fingerprint density at radius 3 is 2.82 bits per heavy atom. The number of nitrogens with zero attached hydrogens (tertiary/aromatic N) is 1. The van der Waals surface area contributed by atoms with E-state index in [1.54, 1.807) is 0 Å². The molecule has 2 aliphatic rings. The van der Waals surface area contributed by atoms with E-state index in [2.05, 4.69) is 10.6 Å². The van der Waals surface area contributed by atoms with Gasteiger partial charge in [-0.2, -0.15) is 0 Å². The van der Waals surface area contributed by atoms with Crippen molar-refractivity contribution in [1.29, 1.82) is 0 Å². The second kappa shape index (κ2) is 5.49. The molecule has 1 saturated carbocycles. The molecule has 17 heavy (non-hydrogen) atoms. The summed E-state index contributed by atoms with van der Waals surface area (Å²) in [4.78, 5) is 24.7. The average molecular weight is 239 g/mol. The van der Waals surface area contributed by atoms with Crippen molar-refractivity contribution in [3.63, 3.8) is 0 Å². The van der Waals surface area contributed by atoms with E-state index < -0.39 is 0 Å². The van der Waals surface area contributed by atoms with Crippen LogP contribution in [0.4, 0.5) is 0 Å². The molecule has 2 amide bonds. The summed E-state index contributed by atoms with van der Waals surface area (Å²) in [7, 11) is 0. The quantitative estimate of drug-likeness (QED) is 0.702. The first-order valence-electron chi connectivity index (χ1n) is 6.46. The monoisotopic (exact) mass is 239 g/mol. The van der Waals surface area contributed by atoms with Crippen molar-refractivity contribution >= 4 is 11.8 Å². The van der Waals surface area contributed by atoms with Gasteiger partial charge in [0.2, 0.25) is 11.8 Å². The molecule has 5 nitrogen and oxygen atoms in total. The van der Waals surface area contributed by atoms with Crippen LogP contribution in [0.3, 0.4) is 0 Å². The van der Waals surface area contributed by atoms with E-state index in [4.69, 9.17) is 0 Å². The van der Waals surface area contributed by atoms with Gasteiger partial charge in [0, 0.05) is 32.6 Å². The van der Waals surface area contributed by atoms with Gasteiger partial charge in [-0.15, -0.1) is 0 Å². The zero-order valence-corrected chi connectivity index (χ0v) is 10.4. The van der Waals surface area contributed by atoms with Crippen molar-refractivity contribution in [1.82, 2.24) is 15.5 Å². The summed E-state index contributed by atoms with van der Waals surface area (Å²) < 4.78 is 0. The molecule has 0 aromatic heterocycles. The number of nitrogens with one attached hydrogen (secondary N) is 2. The largest absolute Gasteiger partial charge is 0.355 e. The summed E-state index contributed by atoms with van der Waals surface area (Å²) in [5.41, 5.74) is 0. The molecule has 1 saturated heterocycles. The maximum atomic E-state index is 12.1. The number of carbonyl (C=O) groups is 2. The number of hydrogen-bond donors (Lipinski definition) is 2. The normalized spacial score (nSPS) is 24.9. The lowest BCUT2D eigenvalue weighted by Gasteiger charge is -2.32. The highest BCUT2D eigenvalue weighted by Crippen LogP contribution is 2.22. The van der Waals surface area contributed by atoms with Crippen LogP contribution >= 0.6 is 0 Å². The molecule has 1 aliphatic carbocycles. The Labute approximate surface area is 102 Å². The molecule has 0 aromatic rings. The van der Waals surface area contributed by atoms with Crippen LogP contribution in [0.25, 0.3) is 0 Å². The third-order valence-corrected chi connectivity index (χ3v) is 3.30. The Morgan fingerprint density at radius 2 is 2.18 bits per heavy atom. The second-order valence-corrected chi connectivity index (χ2v) is 4.94. The van der Waals surface area contributed by atoms with E-state index in [-0.39, 0.29) is 17.9 Å². The Bertz CT molecular complexity index is 302. The third kappa shape index (κ3) is 3.70. The lowest BCUT2D eigenvalue weighted by Crippen LogP contribution is -2.52. The predicted octanol–water partition coefficient (Wildman–Crippen LogP) is -0.134. The van der Waals surface area contributed by atoms with Gasteiger partial charge in [-0.05, 0) is 25.7 Å². The molecule has 1 unspecified atom stereocenters. The third-order valence-electron chi connectivity index (χ3n) is 3.30. The highest BCUT2D eigenvalue weighted by molar-refractivity contribution is 5.82. The highest BCUT2D eigenvalue weighted by Gasteiger charge is 2.32. The fraction of sp³-hybridized carbons (Fsp3) is 0.833. The highest BCUT2D eigenvalue weighted by atomic mass is 16.2. The van der Waals surface area contributed by atoms with Gasteiger partial charge in [-0.3, -0.25) is 9.59 Å². The topological polar surface area (TPSA) is 61.4 Å². The van der Waals surface area contributed by atoms with Crippen LogP contribution < -0.4 is 10.6 Å². The Hall–Kier alpha value is -1.10. The first-order valence-corrected chi connectivity index (χ1v) is 6.46. The van der Waals surface area contributed by atoms with Crippen LogP contribution in [0.1, 0.15) is 32.6 Å². The number of piperidine rings is 1. The number of likely N-dealkylation sites (tertiary alicyclic amines) is 1. The number of hydrogen-bond acceptors (Lipinski definition) is 3. The Kier molecular flexibility index (Phi) is 3.99. The van der Waals surface area contributed by atoms with Crippen LogP contribution in [0.5, 0.6) is 0 Å². The minimum absolute atomic E-state index is 0.00794. The van der Waals surface area contributed by atoms with E-state index >= 15 is 0 Å². The smallest absolute Gasteiger partial charge is 0.239 e. The standard InChI is InChI=1S/C12H21N3O2/c1-9(16)13-6-8-15-7-2-3-11(12(15)17)14-10-4-5-10/h10-11,14H,2-8H2,1H3,(H,13,16). The van der Waals surface area contributed by atoms with E-state index in [1.165, 1.54) is 19.8 Å². The minimum Gasteiger partial charge on any atom is -0.355 e. The predicted molar refractivity (Wildman–Crippen MR) is 64.4 cm³/mol. The fourth-order valence-corrected chi connectivity index (χ4v) is 2.22. The van der Waals surface area contributed by atoms with Gasteiger partial charge in [-0.1, -0.05) is 0 Å². The van der Waals surface area contributed by atoms with Crippen LogP contribution in [0.15, 0.2) is 0 Å². The van der Waals surface area contributed by atoms with E-state index in [0.29, 0.717) is 19.1 Å². The zero-order valence-electron chi connectivity index (χ0n) is 10.4. The molecule has 0 aromatic carbocycles. The number of rotatable bonds is 5. The zero-order chi connectivity index (χ0) is 12.3. The van der Waals surface area contributed by atoms with Crippen LogP contribution in [-0.2, 0) is 9.59 Å². The summed E-state index contributed by atoms with van der Waals surface area (Å²) in [5.74, 6) is 0.163. The number of amides is 2. The number of carbonyl (C=O) groups excluding carboxylic acids is 2. The lowest BCUT2D eigenvalue weighted by atomic mass is 10.0. The van der Waals surface area contributed by atoms with Crippen molar-refractivity contribution in [3.8, 4) is 0 Å². The van der Waals surface area contributed by atoms with E-state index in [0.717, 1.165) is 19.4 Å². The van der Waals surface area contributed by atoms with Crippen LogP contribution in [-0.4, -0.2) is 48.4 Å². The van der Waals surface area contributed by atoms with Crippen molar-refractivity contribution in [2.24, 2.45) is 0 Å². The van der Waals surface area contributed by atoms with Gasteiger partial charge in [0.05, 0.1) is 6.04 Å². The molecule has 2 N–H and O–H groups in total. The first kappa shape index (κ1) is 12.4. The van der Waals surface area contributed by atoms with Crippen molar-refractivity contribution in [2.45, 2.75) is 44.7 Å². The summed E-state index contributed by atoms with van der Waals surface area (Å²) in [6.45, 7) is 3.50. The minimum atomic E-state index is -0.0397. The first-order chi connectivity index (χ1) is 8.16. The van der Waals surface area contributed by atoms with Gasteiger partial charge in [0.1, 0.15) is 0 Å². The van der Waals surface area contributed by atoms with Crippen molar-refractivity contribution in [2.75, 3.05) is 19.6 Å². The lowest BCUT2D eigenvalue weighted by molar-refractivity contribution is -0.136.